The molecule has 4 heterocycles. The van der Waals surface area contributed by atoms with Gasteiger partial charge in [0.2, 0.25) is 5.91 Å². The fraction of sp³-hybridized carbons (Fsp3) is 0.611. The minimum atomic E-state index is -4.49. The fourth-order valence-corrected chi connectivity index (χ4v) is 4.05. The van der Waals surface area contributed by atoms with E-state index in [1.807, 2.05) is 23.6 Å². The lowest BCUT2D eigenvalue weighted by Crippen LogP contribution is -2.53. The van der Waals surface area contributed by atoms with Crippen molar-refractivity contribution in [3.05, 3.63) is 24.3 Å². The number of anilines is 1. The number of carbonyl (C=O) groups is 1. The molecule has 4 rings (SSSR count). The number of hydrogen-bond donors (Lipinski definition) is 0. The molecule has 1 unspecified atom stereocenters. The van der Waals surface area contributed by atoms with Gasteiger partial charge in [0.1, 0.15) is 0 Å². The van der Waals surface area contributed by atoms with E-state index < -0.39 is 11.9 Å². The molecule has 1 amide bonds. The van der Waals surface area contributed by atoms with Crippen molar-refractivity contribution >= 4 is 17.4 Å². The number of aromatic nitrogens is 3. The summed E-state index contributed by atoms with van der Waals surface area (Å²) in [7, 11) is 0. The lowest BCUT2D eigenvalue weighted by atomic mass is 10.2. The molecular weight excluding hydrogens is 373 g/mol. The van der Waals surface area contributed by atoms with Crippen LogP contribution in [0.15, 0.2) is 18.6 Å². The Morgan fingerprint density at radius 3 is 2.46 bits per heavy atom. The van der Waals surface area contributed by atoms with Crippen molar-refractivity contribution in [2.24, 2.45) is 0 Å². The van der Waals surface area contributed by atoms with E-state index in [4.69, 9.17) is 0 Å². The first-order valence-electron chi connectivity index (χ1n) is 9.46. The van der Waals surface area contributed by atoms with Crippen LogP contribution in [0.3, 0.4) is 0 Å². The Bertz CT molecular complexity index is 872. The van der Waals surface area contributed by atoms with E-state index in [9.17, 15) is 18.0 Å². The van der Waals surface area contributed by atoms with Gasteiger partial charge in [0.25, 0.3) is 0 Å². The van der Waals surface area contributed by atoms with Crippen LogP contribution in [-0.4, -0.2) is 74.9 Å². The molecule has 1 atom stereocenters. The third-order valence-electron chi connectivity index (χ3n) is 5.54. The van der Waals surface area contributed by atoms with Crippen LogP contribution in [0, 0.1) is 0 Å². The third-order valence-corrected chi connectivity index (χ3v) is 5.54. The highest BCUT2D eigenvalue weighted by Gasteiger charge is 2.39. The summed E-state index contributed by atoms with van der Waals surface area (Å²) < 4.78 is 40.3. The molecule has 2 aliphatic heterocycles. The first-order chi connectivity index (χ1) is 13.3. The van der Waals surface area contributed by atoms with Crippen molar-refractivity contribution < 1.29 is 18.0 Å². The van der Waals surface area contributed by atoms with Gasteiger partial charge >= 0.3 is 6.18 Å². The van der Waals surface area contributed by atoms with Gasteiger partial charge in [-0.05, 0) is 20.3 Å². The summed E-state index contributed by atoms with van der Waals surface area (Å²) in [5.74, 6) is 0.617. The molecule has 0 aliphatic carbocycles. The van der Waals surface area contributed by atoms with Crippen molar-refractivity contribution in [1.82, 2.24) is 24.2 Å². The predicted molar refractivity (Wildman–Crippen MR) is 97.0 cm³/mol. The van der Waals surface area contributed by atoms with Gasteiger partial charge in [-0.2, -0.15) is 13.2 Å². The van der Waals surface area contributed by atoms with E-state index >= 15 is 0 Å². The zero-order chi connectivity index (χ0) is 20.1. The van der Waals surface area contributed by atoms with Gasteiger partial charge in [0.15, 0.2) is 17.2 Å². The monoisotopic (exact) mass is 396 g/mol. The van der Waals surface area contributed by atoms with E-state index in [-0.39, 0.29) is 23.6 Å². The maximum Gasteiger partial charge on any atom is 0.434 e. The summed E-state index contributed by atoms with van der Waals surface area (Å²) in [6.07, 6.45) is 0.258. The Morgan fingerprint density at radius 1 is 1.14 bits per heavy atom. The molecule has 0 spiro atoms. The second-order valence-corrected chi connectivity index (χ2v) is 7.56. The molecule has 2 aromatic heterocycles. The van der Waals surface area contributed by atoms with Crippen LogP contribution < -0.4 is 4.90 Å². The molecule has 28 heavy (non-hydrogen) atoms. The molecular formula is C18H23F3N6O. The van der Waals surface area contributed by atoms with Crippen LogP contribution in [0.5, 0.6) is 0 Å². The zero-order valence-corrected chi connectivity index (χ0v) is 15.9. The standard InChI is InChI=1S/C18H23F3N6O/c1-12(2)27-5-3-13(17(27)28)24-7-9-25(10-8-24)15-16-23-14(18(19,20)21)11-26(16)6-4-22-15/h4,6,11-13H,3,5,7-10H2,1-2H3. The number of nitrogens with zero attached hydrogens (tertiary/aromatic N) is 6. The molecule has 0 N–H and O–H groups in total. The van der Waals surface area contributed by atoms with Gasteiger partial charge in [-0.15, -0.1) is 0 Å². The van der Waals surface area contributed by atoms with E-state index in [2.05, 4.69) is 14.9 Å². The molecule has 2 aromatic rings. The summed E-state index contributed by atoms with van der Waals surface area (Å²) in [6.45, 7) is 7.32. The summed E-state index contributed by atoms with van der Waals surface area (Å²) in [5.41, 5.74) is -0.725. The van der Waals surface area contributed by atoms with E-state index in [1.165, 1.54) is 16.8 Å². The summed E-state index contributed by atoms with van der Waals surface area (Å²) in [5, 5.41) is 0. The summed E-state index contributed by atoms with van der Waals surface area (Å²) in [6, 6.07) is 0.0976. The number of rotatable bonds is 3. The van der Waals surface area contributed by atoms with Crippen LogP contribution in [0.25, 0.3) is 5.65 Å². The number of fused-ring (bicyclic) bond motifs is 1. The topological polar surface area (TPSA) is 57.0 Å². The molecule has 0 radical (unpaired) electrons. The first-order valence-corrected chi connectivity index (χ1v) is 9.46. The number of imidazole rings is 1. The average molecular weight is 396 g/mol. The van der Waals surface area contributed by atoms with Gasteiger partial charge in [0.05, 0.1) is 6.04 Å². The number of alkyl halides is 3. The third kappa shape index (κ3) is 3.30. The Hall–Kier alpha value is -2.36. The Kier molecular flexibility index (Phi) is 4.68. The van der Waals surface area contributed by atoms with Crippen molar-refractivity contribution in [1.29, 1.82) is 0 Å². The van der Waals surface area contributed by atoms with Crippen LogP contribution in [0.2, 0.25) is 0 Å². The number of carbonyl (C=O) groups excluding carboxylic acids is 1. The SMILES string of the molecule is CC(C)N1CCC(N2CCN(c3nccn4cc(C(F)(F)F)nc34)CC2)C1=O. The fourth-order valence-electron chi connectivity index (χ4n) is 4.05. The van der Waals surface area contributed by atoms with E-state index in [0.717, 1.165) is 19.2 Å². The second-order valence-electron chi connectivity index (χ2n) is 7.56. The van der Waals surface area contributed by atoms with Gasteiger partial charge in [0, 0.05) is 57.4 Å². The number of likely N-dealkylation sites (tertiary alicyclic amines) is 1. The van der Waals surface area contributed by atoms with Gasteiger partial charge in [-0.1, -0.05) is 0 Å². The molecule has 0 bridgehead atoms. The van der Waals surface area contributed by atoms with E-state index in [0.29, 0.717) is 32.0 Å². The molecule has 10 heteroatoms. The Labute approximate surface area is 160 Å². The minimum Gasteiger partial charge on any atom is -0.351 e. The number of amides is 1. The molecule has 7 nitrogen and oxygen atoms in total. The van der Waals surface area contributed by atoms with E-state index in [1.54, 1.807) is 0 Å². The predicted octanol–water partition coefficient (Wildman–Crippen LogP) is 1.88. The largest absolute Gasteiger partial charge is 0.434 e. The van der Waals surface area contributed by atoms with Gasteiger partial charge < -0.3 is 14.2 Å². The van der Waals surface area contributed by atoms with Crippen LogP contribution in [0.1, 0.15) is 26.0 Å². The number of hydrogen-bond acceptors (Lipinski definition) is 5. The minimum absolute atomic E-state index is 0.100. The molecule has 2 fully saturated rings. The van der Waals surface area contributed by atoms with Gasteiger partial charge in [-0.3, -0.25) is 9.69 Å². The highest BCUT2D eigenvalue weighted by Crippen LogP contribution is 2.30. The van der Waals surface area contributed by atoms with Crippen LogP contribution in [0.4, 0.5) is 19.0 Å². The summed E-state index contributed by atoms with van der Waals surface area (Å²) >= 11 is 0. The zero-order valence-electron chi connectivity index (χ0n) is 15.9. The normalized spacial score (nSPS) is 22.1. The van der Waals surface area contributed by atoms with Crippen LogP contribution >= 0.6 is 0 Å². The van der Waals surface area contributed by atoms with Crippen molar-refractivity contribution in [2.45, 2.75) is 38.5 Å². The average Bonchev–Trinajstić information content (AvgIpc) is 3.25. The Balaban J connectivity index is 1.49. The molecule has 2 saturated heterocycles. The lowest BCUT2D eigenvalue weighted by Gasteiger charge is -2.37. The smallest absolute Gasteiger partial charge is 0.351 e. The summed E-state index contributed by atoms with van der Waals surface area (Å²) in [4.78, 5) is 26.7. The highest BCUT2D eigenvalue weighted by molar-refractivity contribution is 5.84. The number of halogens is 3. The number of piperazine rings is 1. The quantitative estimate of drug-likeness (QED) is 0.793. The Morgan fingerprint density at radius 2 is 1.86 bits per heavy atom. The van der Waals surface area contributed by atoms with Crippen molar-refractivity contribution in [3.8, 4) is 0 Å². The lowest BCUT2D eigenvalue weighted by molar-refractivity contribution is -0.140. The first kappa shape index (κ1) is 19.0. The highest BCUT2D eigenvalue weighted by atomic mass is 19.4. The second kappa shape index (κ2) is 6.91. The molecule has 152 valence electrons. The molecule has 0 aromatic carbocycles. The van der Waals surface area contributed by atoms with Crippen molar-refractivity contribution in [2.75, 3.05) is 37.6 Å². The van der Waals surface area contributed by atoms with Gasteiger partial charge in [-0.25, -0.2) is 9.97 Å². The maximum atomic E-state index is 13.0. The maximum absolute atomic E-state index is 13.0. The van der Waals surface area contributed by atoms with Crippen molar-refractivity contribution in [3.63, 3.8) is 0 Å². The molecule has 2 aliphatic rings. The van der Waals surface area contributed by atoms with Crippen LogP contribution in [-0.2, 0) is 11.0 Å². The molecule has 0 saturated carbocycles.